The topological polar surface area (TPSA) is 37.7 Å². The lowest BCUT2D eigenvalue weighted by Crippen LogP contribution is -3.07. The van der Waals surface area contributed by atoms with Crippen molar-refractivity contribution in [3.8, 4) is 5.75 Å². The summed E-state index contributed by atoms with van der Waals surface area (Å²) in [7, 11) is 5.98. The molecule has 0 aliphatic carbocycles. The Bertz CT molecular complexity index is 646. The Balaban J connectivity index is 1.93. The van der Waals surface area contributed by atoms with Crippen molar-refractivity contribution in [2.45, 2.75) is 12.6 Å². The molecule has 0 bridgehead atoms. The fourth-order valence-corrected chi connectivity index (χ4v) is 2.77. The Kier molecular flexibility index (Phi) is 7.03. The van der Waals surface area contributed by atoms with Crippen LogP contribution >= 0.6 is 12.2 Å². The van der Waals surface area contributed by atoms with Crippen LogP contribution in [-0.4, -0.2) is 32.9 Å². The summed E-state index contributed by atoms with van der Waals surface area (Å²) in [6.45, 7) is 1.46. The van der Waals surface area contributed by atoms with Crippen LogP contribution in [0.2, 0.25) is 0 Å². The van der Waals surface area contributed by atoms with Gasteiger partial charge in [-0.25, -0.2) is 0 Å². The van der Waals surface area contributed by atoms with Gasteiger partial charge in [0.1, 0.15) is 11.8 Å². The molecule has 0 heterocycles. The number of thiocarbonyl (C=S) groups is 1. The first kappa shape index (κ1) is 18.2. The van der Waals surface area contributed by atoms with Gasteiger partial charge in [-0.1, -0.05) is 42.5 Å². The third-order valence-electron chi connectivity index (χ3n) is 3.97. The molecule has 0 aliphatic rings. The number of hydrogen-bond donors (Lipinski definition) is 3. The van der Waals surface area contributed by atoms with E-state index in [4.69, 9.17) is 17.0 Å². The van der Waals surface area contributed by atoms with Crippen LogP contribution in [0.15, 0.2) is 54.6 Å². The normalized spacial score (nSPS) is 11.8. The van der Waals surface area contributed by atoms with E-state index in [1.165, 1.54) is 16.0 Å². The zero-order valence-corrected chi connectivity index (χ0v) is 15.3. The Labute approximate surface area is 149 Å². The lowest BCUT2D eigenvalue weighted by molar-refractivity contribution is -0.890. The second kappa shape index (κ2) is 9.25. The molecular formula is C19H26N3OS+. The van der Waals surface area contributed by atoms with E-state index in [2.05, 4.69) is 42.9 Å². The van der Waals surface area contributed by atoms with Crippen molar-refractivity contribution in [2.24, 2.45) is 0 Å². The summed E-state index contributed by atoms with van der Waals surface area (Å²) in [5.74, 6) is 0.911. The van der Waals surface area contributed by atoms with E-state index in [1.807, 2.05) is 36.4 Å². The van der Waals surface area contributed by atoms with Gasteiger partial charge >= 0.3 is 0 Å². The van der Waals surface area contributed by atoms with Crippen molar-refractivity contribution in [3.63, 3.8) is 0 Å². The first-order chi connectivity index (χ1) is 11.6. The molecule has 0 fully saturated rings. The van der Waals surface area contributed by atoms with E-state index in [9.17, 15) is 0 Å². The van der Waals surface area contributed by atoms with E-state index in [1.54, 1.807) is 7.11 Å². The highest BCUT2D eigenvalue weighted by Gasteiger charge is 2.21. The van der Waals surface area contributed by atoms with Crippen molar-refractivity contribution in [1.29, 1.82) is 0 Å². The predicted molar refractivity (Wildman–Crippen MR) is 102 cm³/mol. The minimum atomic E-state index is 0.248. The maximum Gasteiger partial charge on any atom is 0.166 e. The Morgan fingerprint density at radius 1 is 1.04 bits per heavy atom. The van der Waals surface area contributed by atoms with Gasteiger partial charge in [-0.3, -0.25) is 0 Å². The van der Waals surface area contributed by atoms with Crippen molar-refractivity contribution in [2.75, 3.05) is 27.7 Å². The molecule has 0 spiro atoms. The third kappa shape index (κ3) is 5.22. The van der Waals surface area contributed by atoms with Gasteiger partial charge < -0.3 is 20.3 Å². The number of ether oxygens (including phenoxy) is 1. The van der Waals surface area contributed by atoms with Gasteiger partial charge in [0.25, 0.3) is 0 Å². The molecule has 0 radical (unpaired) electrons. The van der Waals surface area contributed by atoms with Gasteiger partial charge in [0.2, 0.25) is 0 Å². The lowest BCUT2D eigenvalue weighted by atomic mass is 10.0. The van der Waals surface area contributed by atoms with Gasteiger partial charge in [0, 0.05) is 6.54 Å². The summed E-state index contributed by atoms with van der Waals surface area (Å²) in [5, 5.41) is 7.25. The summed E-state index contributed by atoms with van der Waals surface area (Å²) >= 11 is 5.41. The Morgan fingerprint density at radius 2 is 1.71 bits per heavy atom. The van der Waals surface area contributed by atoms with Gasteiger partial charge in [-0.15, -0.1) is 0 Å². The van der Waals surface area contributed by atoms with Gasteiger partial charge in [-0.2, -0.15) is 0 Å². The summed E-state index contributed by atoms with van der Waals surface area (Å²) in [6, 6.07) is 18.6. The summed E-state index contributed by atoms with van der Waals surface area (Å²) in [6.07, 6.45) is 0. The molecule has 0 saturated heterocycles. The van der Waals surface area contributed by atoms with Crippen molar-refractivity contribution in [3.05, 3.63) is 65.7 Å². The molecule has 0 aliphatic heterocycles. The smallest absolute Gasteiger partial charge is 0.166 e. The highest BCUT2D eigenvalue weighted by Crippen LogP contribution is 2.22. The molecule has 0 unspecified atom stereocenters. The first-order valence-corrected chi connectivity index (χ1v) is 8.51. The standard InChI is InChI=1S/C19H25N3OS/c1-22(2)17(16-11-7-8-12-18(16)23-3)14-21-19(24)20-13-15-9-5-4-6-10-15/h4-12,17H,13-14H2,1-3H3,(H2,20,21,24)/p+1/t17-/m0/s1. The quantitative estimate of drug-likeness (QED) is 0.666. The molecule has 0 amide bonds. The predicted octanol–water partition coefficient (Wildman–Crippen LogP) is 1.55. The minimum Gasteiger partial charge on any atom is -0.496 e. The average Bonchev–Trinajstić information content (AvgIpc) is 2.61. The van der Waals surface area contributed by atoms with Crippen LogP contribution in [0.3, 0.4) is 0 Å². The molecule has 2 aromatic carbocycles. The molecule has 1 atom stereocenters. The van der Waals surface area contributed by atoms with Crippen LogP contribution in [0, 0.1) is 0 Å². The van der Waals surface area contributed by atoms with Crippen LogP contribution in [0.1, 0.15) is 17.2 Å². The van der Waals surface area contributed by atoms with E-state index in [0.29, 0.717) is 5.11 Å². The largest absolute Gasteiger partial charge is 0.496 e. The zero-order chi connectivity index (χ0) is 17.4. The van der Waals surface area contributed by atoms with E-state index in [0.717, 1.165) is 18.8 Å². The Morgan fingerprint density at radius 3 is 2.38 bits per heavy atom. The zero-order valence-electron chi connectivity index (χ0n) is 14.5. The van der Waals surface area contributed by atoms with Crippen molar-refractivity contribution < 1.29 is 9.64 Å². The first-order valence-electron chi connectivity index (χ1n) is 8.10. The number of para-hydroxylation sites is 1. The summed E-state index contributed by atoms with van der Waals surface area (Å²) in [5.41, 5.74) is 2.39. The number of benzene rings is 2. The molecule has 4 nitrogen and oxygen atoms in total. The number of hydrogen-bond acceptors (Lipinski definition) is 2. The molecule has 5 heteroatoms. The maximum atomic E-state index is 5.50. The minimum absolute atomic E-state index is 0.248. The number of quaternary nitrogens is 1. The third-order valence-corrected chi connectivity index (χ3v) is 4.26. The van der Waals surface area contributed by atoms with Gasteiger partial charge in [-0.05, 0) is 29.9 Å². The average molecular weight is 345 g/mol. The maximum absolute atomic E-state index is 5.50. The van der Waals surface area contributed by atoms with E-state index < -0.39 is 0 Å². The second-order valence-electron chi connectivity index (χ2n) is 5.92. The molecule has 2 aromatic rings. The monoisotopic (exact) mass is 344 g/mol. The second-order valence-corrected chi connectivity index (χ2v) is 6.33. The van der Waals surface area contributed by atoms with E-state index in [-0.39, 0.29) is 6.04 Å². The molecule has 24 heavy (non-hydrogen) atoms. The van der Waals surface area contributed by atoms with Gasteiger partial charge in [0.05, 0.1) is 33.3 Å². The molecule has 0 aromatic heterocycles. The van der Waals surface area contributed by atoms with Gasteiger partial charge in [0.15, 0.2) is 5.11 Å². The number of likely N-dealkylation sites (N-methyl/N-ethyl adjacent to an activating group) is 1. The summed E-state index contributed by atoms with van der Waals surface area (Å²) in [4.78, 5) is 1.32. The molecule has 0 saturated carbocycles. The number of rotatable bonds is 7. The molecule has 3 N–H and O–H groups in total. The van der Waals surface area contributed by atoms with Crippen LogP contribution in [-0.2, 0) is 6.54 Å². The number of nitrogens with one attached hydrogen (secondary N) is 3. The van der Waals surface area contributed by atoms with Crippen LogP contribution < -0.4 is 20.3 Å². The highest BCUT2D eigenvalue weighted by atomic mass is 32.1. The molecule has 128 valence electrons. The fourth-order valence-electron chi connectivity index (χ4n) is 2.61. The fraction of sp³-hybridized carbons (Fsp3) is 0.316. The van der Waals surface area contributed by atoms with Crippen molar-refractivity contribution in [1.82, 2.24) is 10.6 Å². The number of methoxy groups -OCH3 is 1. The van der Waals surface area contributed by atoms with Crippen LogP contribution in [0.4, 0.5) is 0 Å². The summed E-state index contributed by atoms with van der Waals surface area (Å²) < 4.78 is 5.50. The molecule has 2 rings (SSSR count). The molecular weight excluding hydrogens is 318 g/mol. The van der Waals surface area contributed by atoms with Crippen LogP contribution in [0.25, 0.3) is 0 Å². The Hall–Kier alpha value is -2.11. The SMILES string of the molecule is COc1ccccc1[C@H](CNC(=S)NCc1ccccc1)[NH+](C)C. The highest BCUT2D eigenvalue weighted by molar-refractivity contribution is 7.80. The van der Waals surface area contributed by atoms with Crippen LogP contribution in [0.5, 0.6) is 5.75 Å². The van der Waals surface area contributed by atoms with E-state index >= 15 is 0 Å². The lowest BCUT2D eigenvalue weighted by Gasteiger charge is -2.24. The van der Waals surface area contributed by atoms with Crippen molar-refractivity contribution >= 4 is 17.3 Å².